The molecule has 9 heteroatoms. The van der Waals surface area contributed by atoms with Crippen molar-refractivity contribution < 1.29 is 4.79 Å². The lowest BCUT2D eigenvalue weighted by Crippen LogP contribution is -2.22. The maximum atomic E-state index is 12.3. The Morgan fingerprint density at radius 2 is 2.19 bits per heavy atom. The third-order valence-electron chi connectivity index (χ3n) is 3.37. The van der Waals surface area contributed by atoms with Crippen LogP contribution >= 0.6 is 50.4 Å². The lowest BCUT2D eigenvalue weighted by Gasteiger charge is -2.10. The Kier molecular flexibility index (Phi) is 7.07. The highest BCUT2D eigenvalue weighted by Gasteiger charge is 2.17. The molecule has 2 aromatic heterocycles. The van der Waals surface area contributed by atoms with Crippen LogP contribution in [0.25, 0.3) is 0 Å². The van der Waals surface area contributed by atoms with Crippen LogP contribution in [0.5, 0.6) is 0 Å². The molecule has 3 rings (SSSR count). The molecule has 3 aromatic rings. The van der Waals surface area contributed by atoms with Crippen LogP contribution in [0.1, 0.15) is 11.8 Å². The third-order valence-corrected chi connectivity index (χ3v) is 6.87. The quantitative estimate of drug-likeness (QED) is 0.448. The molecule has 5 nitrogen and oxygen atoms in total. The van der Waals surface area contributed by atoms with E-state index < -0.39 is 0 Å². The molecule has 0 saturated carbocycles. The molecule has 2 heterocycles. The smallest absolute Gasteiger partial charge is 0.237 e. The molecule has 26 heavy (non-hydrogen) atoms. The summed E-state index contributed by atoms with van der Waals surface area (Å²) in [6.45, 7) is 2.68. The van der Waals surface area contributed by atoms with Gasteiger partial charge in [-0.25, -0.2) is 0 Å². The number of nitrogens with one attached hydrogen (secondary N) is 2. The maximum Gasteiger partial charge on any atom is 0.237 e. The van der Waals surface area contributed by atoms with E-state index in [-0.39, 0.29) is 11.2 Å². The van der Waals surface area contributed by atoms with Gasteiger partial charge in [-0.1, -0.05) is 51.2 Å². The van der Waals surface area contributed by atoms with Gasteiger partial charge in [0.05, 0.1) is 5.25 Å². The largest absolute Gasteiger partial charge is 0.360 e. The van der Waals surface area contributed by atoms with Crippen LogP contribution in [-0.4, -0.2) is 27.9 Å². The molecule has 1 amide bonds. The van der Waals surface area contributed by atoms with Gasteiger partial charge >= 0.3 is 0 Å². The number of thioether (sulfide) groups is 1. The van der Waals surface area contributed by atoms with Crippen molar-refractivity contribution in [2.45, 2.75) is 22.9 Å². The van der Waals surface area contributed by atoms with Crippen LogP contribution < -0.4 is 10.6 Å². The van der Waals surface area contributed by atoms with Gasteiger partial charge in [0.1, 0.15) is 0 Å². The van der Waals surface area contributed by atoms with E-state index in [1.54, 1.807) is 11.3 Å². The van der Waals surface area contributed by atoms with E-state index >= 15 is 0 Å². The molecule has 1 atom stereocenters. The second-order valence-electron chi connectivity index (χ2n) is 5.39. The fourth-order valence-electron chi connectivity index (χ4n) is 2.09. The average molecular weight is 469 g/mol. The Morgan fingerprint density at radius 3 is 2.96 bits per heavy atom. The second kappa shape index (κ2) is 9.50. The molecule has 2 N–H and O–H groups in total. The standard InChI is InChI=1S/C17H17BrN4OS3/c1-11(15(23)20-13-5-2-4-12(18)10-13)25-17-22-21-16(26-17)19-8-7-14-6-3-9-24-14/h2-6,9-11H,7-8H2,1H3,(H,19,21)(H,20,23). The molecule has 1 unspecified atom stereocenters. The molecule has 0 aliphatic carbocycles. The summed E-state index contributed by atoms with van der Waals surface area (Å²) in [6.07, 6.45) is 0.963. The van der Waals surface area contributed by atoms with Crippen LogP contribution in [0, 0.1) is 0 Å². The van der Waals surface area contributed by atoms with Gasteiger partial charge < -0.3 is 10.6 Å². The number of thiophene rings is 1. The molecule has 0 bridgehead atoms. The lowest BCUT2D eigenvalue weighted by molar-refractivity contribution is -0.115. The lowest BCUT2D eigenvalue weighted by atomic mass is 10.3. The molecule has 0 aliphatic rings. The molecule has 0 radical (unpaired) electrons. The van der Waals surface area contributed by atoms with Crippen LogP contribution in [0.15, 0.2) is 50.6 Å². The number of halogens is 1. The number of hydrogen-bond donors (Lipinski definition) is 2. The summed E-state index contributed by atoms with van der Waals surface area (Å²) in [6, 6.07) is 11.7. The molecule has 0 aliphatic heterocycles. The minimum atomic E-state index is -0.263. The Labute approximate surface area is 172 Å². The first-order chi connectivity index (χ1) is 12.6. The predicted molar refractivity (Wildman–Crippen MR) is 115 cm³/mol. The van der Waals surface area contributed by atoms with Crippen molar-refractivity contribution in [3.8, 4) is 0 Å². The monoisotopic (exact) mass is 468 g/mol. The van der Waals surface area contributed by atoms with Gasteiger partial charge in [0.25, 0.3) is 0 Å². The van der Waals surface area contributed by atoms with Crippen LogP contribution in [0.4, 0.5) is 10.8 Å². The van der Waals surface area contributed by atoms with E-state index in [1.807, 2.05) is 31.2 Å². The Hall–Kier alpha value is -1.42. The van der Waals surface area contributed by atoms with E-state index in [0.29, 0.717) is 0 Å². The summed E-state index contributed by atoms with van der Waals surface area (Å²) < 4.78 is 1.71. The second-order valence-corrected chi connectivity index (χ2v) is 9.90. The van der Waals surface area contributed by atoms with E-state index in [0.717, 1.165) is 32.6 Å². The van der Waals surface area contributed by atoms with Gasteiger partial charge in [-0.15, -0.1) is 21.5 Å². The molecule has 0 fully saturated rings. The van der Waals surface area contributed by atoms with E-state index in [1.165, 1.54) is 28.0 Å². The number of amides is 1. The highest BCUT2D eigenvalue weighted by atomic mass is 79.9. The fraction of sp³-hybridized carbons (Fsp3) is 0.235. The van der Waals surface area contributed by atoms with Crippen LogP contribution in [-0.2, 0) is 11.2 Å². The topological polar surface area (TPSA) is 66.9 Å². The number of benzene rings is 1. The summed E-state index contributed by atoms with van der Waals surface area (Å²) in [5.41, 5.74) is 0.769. The van der Waals surface area contributed by atoms with Gasteiger partial charge in [0.15, 0.2) is 4.34 Å². The number of hydrogen-bond acceptors (Lipinski definition) is 7. The molecule has 0 spiro atoms. The zero-order valence-corrected chi connectivity index (χ0v) is 18.0. The first-order valence-electron chi connectivity index (χ1n) is 7.93. The van der Waals surface area contributed by atoms with Crippen molar-refractivity contribution in [2.75, 3.05) is 17.2 Å². The van der Waals surface area contributed by atoms with Crippen molar-refractivity contribution in [3.63, 3.8) is 0 Å². The summed E-state index contributed by atoms with van der Waals surface area (Å²) in [5.74, 6) is -0.0597. The van der Waals surface area contributed by atoms with Crippen molar-refractivity contribution in [2.24, 2.45) is 0 Å². The average Bonchev–Trinajstić information content (AvgIpc) is 3.27. The maximum absolute atomic E-state index is 12.3. The fourth-order valence-corrected chi connectivity index (χ4v) is 5.12. The minimum absolute atomic E-state index is 0.0597. The van der Waals surface area contributed by atoms with E-state index in [2.05, 4.69) is 54.3 Å². The zero-order valence-electron chi connectivity index (χ0n) is 13.9. The number of rotatable bonds is 8. The number of aromatic nitrogens is 2. The zero-order chi connectivity index (χ0) is 18.4. The van der Waals surface area contributed by atoms with E-state index in [9.17, 15) is 4.79 Å². The first-order valence-corrected chi connectivity index (χ1v) is 11.3. The highest BCUT2D eigenvalue weighted by Crippen LogP contribution is 2.29. The van der Waals surface area contributed by atoms with Crippen molar-refractivity contribution >= 4 is 67.1 Å². The Morgan fingerprint density at radius 1 is 1.31 bits per heavy atom. The minimum Gasteiger partial charge on any atom is -0.360 e. The summed E-state index contributed by atoms with van der Waals surface area (Å²) in [5, 5.41) is 17.1. The third kappa shape index (κ3) is 5.80. The van der Waals surface area contributed by atoms with Crippen LogP contribution in [0.2, 0.25) is 0 Å². The van der Waals surface area contributed by atoms with Crippen molar-refractivity contribution in [1.82, 2.24) is 10.2 Å². The van der Waals surface area contributed by atoms with E-state index in [4.69, 9.17) is 0 Å². The molecule has 1 aromatic carbocycles. The van der Waals surface area contributed by atoms with Gasteiger partial charge in [-0.2, -0.15) is 0 Å². The molecule has 0 saturated heterocycles. The summed E-state index contributed by atoms with van der Waals surface area (Å²) in [4.78, 5) is 13.7. The van der Waals surface area contributed by atoms with Crippen molar-refractivity contribution in [3.05, 3.63) is 51.1 Å². The van der Waals surface area contributed by atoms with Crippen LogP contribution in [0.3, 0.4) is 0 Å². The summed E-state index contributed by atoms with van der Waals surface area (Å²) >= 11 is 8.03. The van der Waals surface area contributed by atoms with Gasteiger partial charge in [0, 0.05) is 21.6 Å². The first kappa shape index (κ1) is 19.3. The molecule has 136 valence electrons. The highest BCUT2D eigenvalue weighted by molar-refractivity contribution is 9.10. The Bertz CT molecular complexity index is 853. The van der Waals surface area contributed by atoms with Gasteiger partial charge in [-0.3, -0.25) is 4.79 Å². The summed E-state index contributed by atoms with van der Waals surface area (Å²) in [7, 11) is 0. The van der Waals surface area contributed by atoms with Gasteiger partial charge in [0.2, 0.25) is 11.0 Å². The number of nitrogens with zero attached hydrogens (tertiary/aromatic N) is 2. The number of anilines is 2. The van der Waals surface area contributed by atoms with Gasteiger partial charge in [-0.05, 0) is 43.0 Å². The predicted octanol–water partition coefficient (Wildman–Crippen LogP) is 5.14. The van der Waals surface area contributed by atoms with Crippen molar-refractivity contribution in [1.29, 1.82) is 0 Å². The Balaban J connectivity index is 1.47. The molecular formula is C17H17BrN4OS3. The number of carbonyl (C=O) groups excluding carboxylic acids is 1. The number of carbonyl (C=O) groups is 1. The molecular weight excluding hydrogens is 452 g/mol. The SMILES string of the molecule is CC(Sc1nnc(NCCc2cccs2)s1)C(=O)Nc1cccc(Br)c1. The normalized spacial score (nSPS) is 11.9.